The molecule has 0 saturated carbocycles. The van der Waals surface area contributed by atoms with Crippen molar-refractivity contribution in [2.75, 3.05) is 58.5 Å². The van der Waals surface area contributed by atoms with Crippen LogP contribution in [0.25, 0.3) is 0 Å². The Labute approximate surface area is 152 Å². The van der Waals surface area contributed by atoms with Crippen molar-refractivity contribution in [2.24, 2.45) is 0 Å². The maximum absolute atomic E-state index is 13.0. The number of carbonyl (C=O) groups is 2. The fraction of sp³-hybridized carbons (Fsp3) is 0.556. The predicted molar refractivity (Wildman–Crippen MR) is 95.5 cm³/mol. The average Bonchev–Trinajstić information content (AvgIpc) is 2.96. The molecule has 2 fully saturated rings. The van der Waals surface area contributed by atoms with E-state index >= 15 is 0 Å². The summed E-state index contributed by atoms with van der Waals surface area (Å²) < 4.78 is 10.5. The molecule has 142 valence electrons. The fourth-order valence-electron chi connectivity index (χ4n) is 3.56. The molecule has 0 bridgehead atoms. The molecule has 26 heavy (non-hydrogen) atoms. The minimum Gasteiger partial charge on any atom is -0.497 e. The molecular formula is C18H25N3O5. The highest BCUT2D eigenvalue weighted by Gasteiger charge is 2.44. The van der Waals surface area contributed by atoms with Crippen LogP contribution < -0.4 is 14.4 Å². The van der Waals surface area contributed by atoms with E-state index in [-0.39, 0.29) is 24.8 Å². The van der Waals surface area contributed by atoms with Gasteiger partial charge in [0.15, 0.2) is 0 Å². The number of imide groups is 1. The first-order valence-electron chi connectivity index (χ1n) is 8.75. The van der Waals surface area contributed by atoms with Gasteiger partial charge in [0.05, 0.1) is 39.0 Å². The van der Waals surface area contributed by atoms with E-state index in [1.807, 2.05) is 0 Å². The van der Waals surface area contributed by atoms with E-state index in [0.29, 0.717) is 36.8 Å². The second-order valence-corrected chi connectivity index (χ2v) is 6.43. The van der Waals surface area contributed by atoms with Gasteiger partial charge >= 0.3 is 0 Å². The van der Waals surface area contributed by atoms with Crippen molar-refractivity contribution >= 4 is 17.5 Å². The first-order valence-corrected chi connectivity index (χ1v) is 8.75. The maximum Gasteiger partial charge on any atom is 0.251 e. The first kappa shape index (κ1) is 18.6. The number of hydrogen-bond acceptors (Lipinski definition) is 7. The smallest absolute Gasteiger partial charge is 0.251 e. The third-order valence-electron chi connectivity index (χ3n) is 5.01. The van der Waals surface area contributed by atoms with Crippen LogP contribution in [0.4, 0.5) is 5.69 Å². The van der Waals surface area contributed by atoms with Gasteiger partial charge in [0.25, 0.3) is 5.91 Å². The number of benzene rings is 1. The molecule has 2 aliphatic heterocycles. The molecule has 8 heteroatoms. The molecule has 8 nitrogen and oxygen atoms in total. The van der Waals surface area contributed by atoms with E-state index in [4.69, 9.17) is 14.6 Å². The lowest BCUT2D eigenvalue weighted by atomic mass is 10.1. The zero-order valence-corrected chi connectivity index (χ0v) is 15.2. The van der Waals surface area contributed by atoms with Crippen molar-refractivity contribution in [3.8, 4) is 11.5 Å². The maximum atomic E-state index is 13.0. The highest BCUT2D eigenvalue weighted by atomic mass is 16.5. The van der Waals surface area contributed by atoms with Gasteiger partial charge in [-0.15, -0.1) is 0 Å². The summed E-state index contributed by atoms with van der Waals surface area (Å²) in [6.07, 6.45) is 0.175. The number of aliphatic hydroxyl groups excluding tert-OH is 1. The highest BCUT2D eigenvalue weighted by Crippen LogP contribution is 2.36. The number of carbonyl (C=O) groups excluding carboxylic acids is 2. The molecule has 0 radical (unpaired) electrons. The first-order chi connectivity index (χ1) is 12.6. The number of hydrogen-bond donors (Lipinski definition) is 1. The second kappa shape index (κ2) is 8.03. The summed E-state index contributed by atoms with van der Waals surface area (Å²) in [5, 5.41) is 9.04. The van der Waals surface area contributed by atoms with E-state index in [2.05, 4.69) is 9.80 Å². The quantitative estimate of drug-likeness (QED) is 0.710. The SMILES string of the molecule is COc1ccc(N2C(=O)C[C@H](N3CCN(CCO)CC3)C2=O)c(OC)c1. The largest absolute Gasteiger partial charge is 0.497 e. The van der Waals surface area contributed by atoms with Crippen molar-refractivity contribution in [3.05, 3.63) is 18.2 Å². The van der Waals surface area contributed by atoms with Crippen LogP contribution in [-0.4, -0.2) is 86.3 Å². The van der Waals surface area contributed by atoms with Crippen LogP contribution in [0.15, 0.2) is 18.2 Å². The molecule has 1 atom stereocenters. The van der Waals surface area contributed by atoms with E-state index in [9.17, 15) is 9.59 Å². The number of ether oxygens (including phenoxy) is 2. The number of amides is 2. The Morgan fingerprint density at radius 3 is 2.46 bits per heavy atom. The molecule has 2 heterocycles. The summed E-state index contributed by atoms with van der Waals surface area (Å²) in [6.45, 7) is 3.75. The van der Waals surface area contributed by atoms with Crippen LogP contribution in [0.1, 0.15) is 6.42 Å². The Bertz CT molecular complexity index is 673. The molecular weight excluding hydrogens is 338 g/mol. The zero-order chi connectivity index (χ0) is 18.7. The Morgan fingerprint density at radius 1 is 1.12 bits per heavy atom. The third kappa shape index (κ3) is 3.53. The lowest BCUT2D eigenvalue weighted by Crippen LogP contribution is -2.53. The van der Waals surface area contributed by atoms with Crippen molar-refractivity contribution in [1.29, 1.82) is 0 Å². The normalized spacial score (nSPS) is 22.1. The van der Waals surface area contributed by atoms with Crippen LogP contribution in [0.5, 0.6) is 11.5 Å². The third-order valence-corrected chi connectivity index (χ3v) is 5.01. The van der Waals surface area contributed by atoms with E-state index in [0.717, 1.165) is 13.1 Å². The monoisotopic (exact) mass is 363 g/mol. The number of rotatable bonds is 6. The molecule has 1 aromatic rings. The van der Waals surface area contributed by atoms with Crippen LogP contribution in [0.2, 0.25) is 0 Å². The fourth-order valence-corrected chi connectivity index (χ4v) is 3.56. The van der Waals surface area contributed by atoms with Gasteiger partial charge in [-0.25, -0.2) is 4.90 Å². The summed E-state index contributed by atoms with van der Waals surface area (Å²) >= 11 is 0. The minimum atomic E-state index is -0.439. The summed E-state index contributed by atoms with van der Waals surface area (Å²) in [5.74, 6) is 0.594. The van der Waals surface area contributed by atoms with E-state index in [1.165, 1.54) is 12.0 Å². The van der Waals surface area contributed by atoms with Crippen molar-refractivity contribution < 1.29 is 24.2 Å². The molecule has 1 N–H and O–H groups in total. The summed E-state index contributed by atoms with van der Waals surface area (Å²) in [4.78, 5) is 31.0. The summed E-state index contributed by atoms with van der Waals surface area (Å²) in [5.41, 5.74) is 0.449. The van der Waals surface area contributed by atoms with Crippen LogP contribution in [0, 0.1) is 0 Å². The van der Waals surface area contributed by atoms with Gasteiger partial charge in [0.1, 0.15) is 11.5 Å². The molecule has 1 aromatic carbocycles. The van der Waals surface area contributed by atoms with Gasteiger partial charge in [-0.3, -0.25) is 19.4 Å². The molecule has 3 rings (SSSR count). The lowest BCUT2D eigenvalue weighted by molar-refractivity contribution is -0.123. The molecule has 2 saturated heterocycles. The minimum absolute atomic E-state index is 0.131. The number of anilines is 1. The Balaban J connectivity index is 1.76. The van der Waals surface area contributed by atoms with Gasteiger partial charge < -0.3 is 14.6 Å². The number of nitrogens with zero attached hydrogens (tertiary/aromatic N) is 3. The Hall–Kier alpha value is -2.16. The van der Waals surface area contributed by atoms with Gasteiger partial charge in [-0.2, -0.15) is 0 Å². The topological polar surface area (TPSA) is 82.5 Å². The van der Waals surface area contributed by atoms with Crippen LogP contribution in [0.3, 0.4) is 0 Å². The molecule has 0 aromatic heterocycles. The highest BCUT2D eigenvalue weighted by molar-refractivity contribution is 6.23. The summed E-state index contributed by atoms with van der Waals surface area (Å²) in [7, 11) is 3.05. The predicted octanol–water partition coefficient (Wildman–Crippen LogP) is -0.0544. The Kier molecular flexibility index (Phi) is 5.75. The number of methoxy groups -OCH3 is 2. The van der Waals surface area contributed by atoms with Gasteiger partial charge in [-0.1, -0.05) is 0 Å². The molecule has 0 aliphatic carbocycles. The summed E-state index contributed by atoms with van der Waals surface area (Å²) in [6, 6.07) is 4.61. The molecule has 0 unspecified atom stereocenters. The number of β-amino-alcohol motifs (C(OH)–C–C–N with tert-alkyl or cyclic N) is 1. The molecule has 0 spiro atoms. The van der Waals surface area contributed by atoms with Gasteiger partial charge in [0.2, 0.25) is 5.91 Å². The van der Waals surface area contributed by atoms with Crippen molar-refractivity contribution in [3.63, 3.8) is 0 Å². The standard InChI is InChI=1S/C18H25N3O5/c1-25-13-3-4-14(16(11-13)26-2)21-17(23)12-15(18(21)24)20-7-5-19(6-8-20)9-10-22/h3-4,11,15,22H,5-10,12H2,1-2H3/t15-/m0/s1. The van der Waals surface area contributed by atoms with Crippen molar-refractivity contribution in [2.45, 2.75) is 12.5 Å². The molecule has 2 amide bonds. The van der Waals surface area contributed by atoms with Gasteiger partial charge in [0, 0.05) is 38.8 Å². The lowest BCUT2D eigenvalue weighted by Gasteiger charge is -2.36. The number of piperazine rings is 1. The van der Waals surface area contributed by atoms with E-state index in [1.54, 1.807) is 25.3 Å². The second-order valence-electron chi connectivity index (χ2n) is 6.43. The average molecular weight is 363 g/mol. The van der Waals surface area contributed by atoms with Crippen LogP contribution in [-0.2, 0) is 9.59 Å². The zero-order valence-electron chi connectivity index (χ0n) is 15.2. The van der Waals surface area contributed by atoms with Crippen molar-refractivity contribution in [1.82, 2.24) is 9.80 Å². The molecule has 2 aliphatic rings. The number of aliphatic hydroxyl groups is 1. The van der Waals surface area contributed by atoms with E-state index < -0.39 is 6.04 Å². The van der Waals surface area contributed by atoms with Gasteiger partial charge in [-0.05, 0) is 12.1 Å². The van der Waals surface area contributed by atoms with Crippen LogP contribution >= 0.6 is 0 Å². The Morgan fingerprint density at radius 2 is 1.85 bits per heavy atom.